The van der Waals surface area contributed by atoms with Gasteiger partial charge in [0, 0.05) is 31.7 Å². The van der Waals surface area contributed by atoms with Crippen molar-refractivity contribution in [2.45, 2.75) is 12.5 Å². The predicted molar refractivity (Wildman–Crippen MR) is 109 cm³/mol. The molecule has 4 aromatic rings. The first kappa shape index (κ1) is 19.4. The third-order valence-electron chi connectivity index (χ3n) is 6.32. The van der Waals surface area contributed by atoms with Gasteiger partial charge in [-0.15, -0.1) is 0 Å². The molecule has 0 radical (unpaired) electrons. The number of benzene rings is 1. The molecule has 9 nitrogen and oxygen atoms in total. The molecule has 2 fully saturated rings. The summed E-state index contributed by atoms with van der Waals surface area (Å²) in [6, 6.07) is 2.50. The van der Waals surface area contributed by atoms with Crippen molar-refractivity contribution in [1.82, 2.24) is 29.2 Å². The summed E-state index contributed by atoms with van der Waals surface area (Å²) in [5, 5.41) is 3.61. The Morgan fingerprint density at radius 3 is 2.56 bits per heavy atom. The van der Waals surface area contributed by atoms with Crippen molar-refractivity contribution in [2.75, 3.05) is 18.0 Å². The average Bonchev–Trinajstić information content (AvgIpc) is 3.19. The van der Waals surface area contributed by atoms with Gasteiger partial charge >= 0.3 is 0 Å². The second-order valence-electron chi connectivity index (χ2n) is 8.23. The fourth-order valence-electron chi connectivity index (χ4n) is 4.64. The minimum absolute atomic E-state index is 0.109. The second-order valence-corrected chi connectivity index (χ2v) is 8.61. The number of piperidine rings is 1. The highest BCUT2D eigenvalue weighted by Gasteiger charge is 2.58. The van der Waals surface area contributed by atoms with E-state index in [1.807, 2.05) is 4.90 Å². The third-order valence-corrected chi connectivity index (χ3v) is 6.68. The molecule has 1 aliphatic heterocycles. The number of halogens is 3. The van der Waals surface area contributed by atoms with Gasteiger partial charge in [0.15, 0.2) is 17.0 Å². The number of anilines is 1. The zero-order valence-electron chi connectivity index (χ0n) is 16.7. The minimum atomic E-state index is -0.768. The molecular formula is C20H16ClF2N7O2. The Bertz CT molecular complexity index is 1400. The molecule has 1 saturated carbocycles. The minimum Gasteiger partial charge on any atom is -0.371 e. The lowest BCUT2D eigenvalue weighted by atomic mass is 10.2. The van der Waals surface area contributed by atoms with Gasteiger partial charge in [0.2, 0.25) is 5.89 Å². The van der Waals surface area contributed by atoms with Gasteiger partial charge in [0.1, 0.15) is 29.5 Å². The summed E-state index contributed by atoms with van der Waals surface area (Å²) in [5.74, 6) is 0.0427. The van der Waals surface area contributed by atoms with Gasteiger partial charge in [-0.05, 0) is 24.0 Å². The fourth-order valence-corrected chi connectivity index (χ4v) is 4.75. The second kappa shape index (κ2) is 6.83. The number of hydrogen-bond donors (Lipinski definition) is 0. The molecule has 3 atom stereocenters. The van der Waals surface area contributed by atoms with Crippen LogP contribution in [0.3, 0.4) is 0 Å². The Kier molecular flexibility index (Phi) is 4.13. The van der Waals surface area contributed by atoms with E-state index < -0.39 is 16.7 Å². The zero-order valence-corrected chi connectivity index (χ0v) is 17.5. The predicted octanol–water partition coefficient (Wildman–Crippen LogP) is 2.34. The molecule has 1 aromatic carbocycles. The number of fused-ring (bicyclic) bond motifs is 2. The van der Waals surface area contributed by atoms with Crippen molar-refractivity contribution in [3.8, 4) is 0 Å². The summed E-state index contributed by atoms with van der Waals surface area (Å²) >= 11 is 5.57. The molecule has 164 valence electrons. The molecule has 32 heavy (non-hydrogen) atoms. The Labute approximate surface area is 184 Å². The SMILES string of the molecule is Cn1cnc2ncn(Cc3nc(C4[C@H]5CN(c6cc(F)c(Cl)c(F)c6)C[C@@H]45)no3)c(=O)c21. The Balaban J connectivity index is 1.16. The molecule has 3 aromatic heterocycles. The van der Waals surface area contributed by atoms with Crippen LogP contribution in [-0.4, -0.2) is 42.3 Å². The summed E-state index contributed by atoms with van der Waals surface area (Å²) in [6.07, 6.45) is 2.95. The number of hydrogen-bond acceptors (Lipinski definition) is 7. The van der Waals surface area contributed by atoms with E-state index in [-0.39, 0.29) is 29.9 Å². The Hall–Kier alpha value is -3.34. The van der Waals surface area contributed by atoms with Crippen LogP contribution in [0.5, 0.6) is 0 Å². The molecule has 0 spiro atoms. The number of rotatable bonds is 4. The average molecular weight is 460 g/mol. The van der Waals surface area contributed by atoms with Gasteiger partial charge in [-0.2, -0.15) is 4.98 Å². The van der Waals surface area contributed by atoms with Gasteiger partial charge in [0.05, 0.1) is 6.33 Å². The van der Waals surface area contributed by atoms with E-state index in [0.29, 0.717) is 41.7 Å². The van der Waals surface area contributed by atoms with Crippen LogP contribution in [0.25, 0.3) is 11.2 Å². The first-order valence-corrected chi connectivity index (χ1v) is 10.4. The first-order chi connectivity index (χ1) is 15.4. The molecular weight excluding hydrogens is 444 g/mol. The smallest absolute Gasteiger partial charge is 0.280 e. The summed E-state index contributed by atoms with van der Waals surface area (Å²) in [5.41, 5.74) is 1.02. The quantitative estimate of drug-likeness (QED) is 0.432. The number of aromatic nitrogens is 6. The number of aryl methyl sites for hydroxylation is 1. The van der Waals surface area contributed by atoms with E-state index in [9.17, 15) is 13.6 Å². The highest BCUT2D eigenvalue weighted by Crippen LogP contribution is 2.58. The molecule has 6 rings (SSSR count). The third kappa shape index (κ3) is 2.91. The highest BCUT2D eigenvalue weighted by atomic mass is 35.5. The van der Waals surface area contributed by atoms with Crippen molar-refractivity contribution in [3.63, 3.8) is 0 Å². The monoisotopic (exact) mass is 459 g/mol. The van der Waals surface area contributed by atoms with Crippen molar-refractivity contribution in [3.05, 3.63) is 63.5 Å². The van der Waals surface area contributed by atoms with E-state index >= 15 is 0 Å². The summed E-state index contributed by atoms with van der Waals surface area (Å²) in [7, 11) is 1.73. The largest absolute Gasteiger partial charge is 0.371 e. The van der Waals surface area contributed by atoms with Gasteiger partial charge in [-0.1, -0.05) is 16.8 Å². The normalized spacial score (nSPS) is 22.0. The molecule has 1 unspecified atom stereocenters. The van der Waals surface area contributed by atoms with Crippen molar-refractivity contribution in [2.24, 2.45) is 18.9 Å². The lowest BCUT2D eigenvalue weighted by Gasteiger charge is -2.21. The molecule has 0 bridgehead atoms. The van der Waals surface area contributed by atoms with E-state index in [0.717, 1.165) is 0 Å². The maximum Gasteiger partial charge on any atom is 0.280 e. The van der Waals surface area contributed by atoms with Gasteiger partial charge in [0.25, 0.3) is 5.56 Å². The van der Waals surface area contributed by atoms with Gasteiger partial charge < -0.3 is 14.0 Å². The topological polar surface area (TPSA) is 94.9 Å². The number of imidazole rings is 1. The summed E-state index contributed by atoms with van der Waals surface area (Å²) in [4.78, 5) is 27.3. The van der Waals surface area contributed by atoms with Crippen molar-refractivity contribution in [1.29, 1.82) is 0 Å². The maximum atomic E-state index is 13.8. The molecule has 0 N–H and O–H groups in total. The van der Waals surface area contributed by atoms with Crippen LogP contribution in [0.15, 0.2) is 34.1 Å². The van der Waals surface area contributed by atoms with Crippen LogP contribution >= 0.6 is 11.6 Å². The molecule has 0 amide bonds. The van der Waals surface area contributed by atoms with Crippen molar-refractivity contribution < 1.29 is 13.3 Å². The van der Waals surface area contributed by atoms with E-state index in [4.69, 9.17) is 16.1 Å². The number of nitrogens with zero attached hydrogens (tertiary/aromatic N) is 7. The molecule has 2 aliphatic rings. The van der Waals surface area contributed by atoms with Crippen LogP contribution in [0, 0.1) is 23.5 Å². The van der Waals surface area contributed by atoms with Gasteiger partial charge in [-0.25, -0.2) is 18.7 Å². The van der Waals surface area contributed by atoms with Crippen molar-refractivity contribution >= 4 is 28.5 Å². The van der Waals surface area contributed by atoms with Crippen LogP contribution < -0.4 is 10.5 Å². The van der Waals surface area contributed by atoms with Crippen LogP contribution in [0.2, 0.25) is 5.02 Å². The highest BCUT2D eigenvalue weighted by molar-refractivity contribution is 6.31. The van der Waals surface area contributed by atoms with E-state index in [1.165, 1.54) is 29.4 Å². The fraction of sp³-hybridized carbons (Fsp3) is 0.350. The lowest BCUT2D eigenvalue weighted by molar-refractivity contribution is 0.363. The van der Waals surface area contributed by atoms with Crippen LogP contribution in [-0.2, 0) is 13.6 Å². The van der Waals surface area contributed by atoms with Gasteiger partial charge in [-0.3, -0.25) is 9.36 Å². The Morgan fingerprint density at radius 1 is 1.16 bits per heavy atom. The Morgan fingerprint density at radius 2 is 1.84 bits per heavy atom. The standard InChI is InChI=1S/C20H16ClF2N7O2/c1-28-7-24-19-17(28)20(31)30(8-25-19)6-14-26-18(27-32-14)15-10-4-29(5-11(10)15)9-2-12(22)16(21)13(23)3-9/h2-3,7-8,10-11,15H,4-6H2,1H3/t10-,11+,15?. The molecule has 1 aliphatic carbocycles. The molecule has 12 heteroatoms. The van der Waals surface area contributed by atoms with Crippen LogP contribution in [0.1, 0.15) is 17.6 Å². The first-order valence-electron chi connectivity index (χ1n) is 9.99. The van der Waals surface area contributed by atoms with E-state index in [1.54, 1.807) is 11.6 Å². The summed E-state index contributed by atoms with van der Waals surface area (Å²) < 4.78 is 36.0. The lowest BCUT2D eigenvalue weighted by Crippen LogP contribution is -2.24. The maximum absolute atomic E-state index is 13.8. The zero-order chi connectivity index (χ0) is 22.1. The van der Waals surface area contributed by atoms with Crippen LogP contribution in [0.4, 0.5) is 14.5 Å². The molecule has 1 saturated heterocycles. The summed E-state index contributed by atoms with van der Waals surface area (Å²) in [6.45, 7) is 1.39. The van der Waals surface area contributed by atoms with E-state index in [2.05, 4.69) is 20.1 Å². The molecule has 4 heterocycles.